The van der Waals surface area contributed by atoms with E-state index >= 15 is 0 Å². The van der Waals surface area contributed by atoms with Gasteiger partial charge in [-0.25, -0.2) is 4.98 Å². The van der Waals surface area contributed by atoms with Crippen LogP contribution in [0.1, 0.15) is 36.8 Å². The minimum absolute atomic E-state index is 0.0641. The zero-order valence-electron chi connectivity index (χ0n) is 17.5. The molecule has 3 aromatic rings. The van der Waals surface area contributed by atoms with Gasteiger partial charge in [0.2, 0.25) is 0 Å². The molecule has 0 radical (unpaired) electrons. The first-order chi connectivity index (χ1) is 14.2. The fraction of sp³-hybridized carbons (Fsp3) is 0.280. The van der Waals surface area contributed by atoms with Crippen LogP contribution >= 0.6 is 0 Å². The van der Waals surface area contributed by atoms with Gasteiger partial charge in [0.1, 0.15) is 7.85 Å². The standard InChI is InChI=1S/C18H21B.C7H9N3/c19-15-9-3-8-14-18(16-10-4-1-5-11-16)17-12-6-2-7-13-17;1-7(4-8)5-10-3-2-9-6-10/h1-8,10-13,18H,9,14-15,19H2;2-3,6-7H,5H2,1H3. The lowest BCUT2D eigenvalue weighted by atomic mass is 9.88. The van der Waals surface area contributed by atoms with E-state index in [1.807, 2.05) is 17.7 Å². The maximum Gasteiger partial charge on any atom is 0.101 e. The van der Waals surface area contributed by atoms with Crippen LogP contribution in [0.25, 0.3) is 0 Å². The predicted octanol–water partition coefficient (Wildman–Crippen LogP) is 5.25. The number of rotatable bonds is 8. The normalized spacial score (nSPS) is 11.6. The van der Waals surface area contributed by atoms with Crippen molar-refractivity contribution in [3.8, 4) is 6.07 Å². The molecule has 0 bridgehead atoms. The smallest absolute Gasteiger partial charge is 0.101 e. The highest BCUT2D eigenvalue weighted by molar-refractivity contribution is 6.08. The molecule has 1 aromatic heterocycles. The van der Waals surface area contributed by atoms with Gasteiger partial charge in [-0.05, 0) is 30.9 Å². The number of hydrogen-bond acceptors (Lipinski definition) is 2. The van der Waals surface area contributed by atoms with E-state index in [1.165, 1.54) is 23.9 Å². The molecular weight excluding hydrogens is 353 g/mol. The van der Waals surface area contributed by atoms with Crippen molar-refractivity contribution in [1.29, 1.82) is 5.26 Å². The Morgan fingerprint density at radius 1 is 1.03 bits per heavy atom. The van der Waals surface area contributed by atoms with Gasteiger partial charge in [-0.1, -0.05) is 79.1 Å². The van der Waals surface area contributed by atoms with Crippen LogP contribution in [0.5, 0.6) is 0 Å². The lowest BCUT2D eigenvalue weighted by molar-refractivity contribution is 0.580. The van der Waals surface area contributed by atoms with E-state index in [0.29, 0.717) is 5.92 Å². The monoisotopic (exact) mass is 383 g/mol. The summed E-state index contributed by atoms with van der Waals surface area (Å²) in [6.07, 6.45) is 13.4. The third kappa shape index (κ3) is 8.23. The quantitative estimate of drug-likeness (QED) is 0.394. The number of aromatic nitrogens is 2. The molecule has 3 nitrogen and oxygen atoms in total. The molecule has 0 saturated heterocycles. The molecular formula is C25H30BN3. The summed E-state index contributed by atoms with van der Waals surface area (Å²) in [4.78, 5) is 3.86. The summed E-state index contributed by atoms with van der Waals surface area (Å²) < 4.78 is 1.90. The molecule has 0 fully saturated rings. The average molecular weight is 383 g/mol. The van der Waals surface area contributed by atoms with Crippen LogP contribution in [0, 0.1) is 17.2 Å². The van der Waals surface area contributed by atoms with Crippen LogP contribution in [0.4, 0.5) is 0 Å². The van der Waals surface area contributed by atoms with Gasteiger partial charge in [0.05, 0.1) is 18.3 Å². The first kappa shape index (κ1) is 22.2. The van der Waals surface area contributed by atoms with Gasteiger partial charge in [0.25, 0.3) is 0 Å². The average Bonchev–Trinajstić information content (AvgIpc) is 3.28. The Balaban J connectivity index is 0.000000253. The second kappa shape index (κ2) is 13.2. The van der Waals surface area contributed by atoms with Crippen molar-refractivity contribution < 1.29 is 0 Å². The molecule has 29 heavy (non-hydrogen) atoms. The highest BCUT2D eigenvalue weighted by atomic mass is 15.0. The largest absolute Gasteiger partial charge is 0.336 e. The lowest BCUT2D eigenvalue weighted by Gasteiger charge is -2.16. The van der Waals surface area contributed by atoms with Crippen molar-refractivity contribution in [2.45, 2.75) is 38.5 Å². The maximum atomic E-state index is 8.45. The fourth-order valence-electron chi connectivity index (χ4n) is 3.10. The Labute approximate surface area is 176 Å². The summed E-state index contributed by atoms with van der Waals surface area (Å²) in [7, 11) is 2.22. The van der Waals surface area contributed by atoms with E-state index in [4.69, 9.17) is 5.26 Å². The third-order valence-corrected chi connectivity index (χ3v) is 4.66. The van der Waals surface area contributed by atoms with Crippen LogP contribution in [-0.4, -0.2) is 17.4 Å². The second-order valence-electron chi connectivity index (χ2n) is 7.16. The molecule has 3 rings (SSSR count). The highest BCUT2D eigenvalue weighted by Gasteiger charge is 2.11. The van der Waals surface area contributed by atoms with Crippen LogP contribution in [0.15, 0.2) is 91.5 Å². The second-order valence-corrected chi connectivity index (χ2v) is 7.16. The summed E-state index contributed by atoms with van der Waals surface area (Å²) in [6, 6.07) is 23.7. The zero-order valence-corrected chi connectivity index (χ0v) is 17.5. The summed E-state index contributed by atoms with van der Waals surface area (Å²) in [5.41, 5.74) is 2.80. The summed E-state index contributed by atoms with van der Waals surface area (Å²) >= 11 is 0. The van der Waals surface area contributed by atoms with Crippen molar-refractivity contribution in [2.24, 2.45) is 5.92 Å². The molecule has 1 atom stereocenters. The topological polar surface area (TPSA) is 41.6 Å². The molecule has 2 aromatic carbocycles. The molecule has 4 heteroatoms. The molecule has 0 aliphatic heterocycles. The Bertz CT molecular complexity index is 813. The molecule has 0 aliphatic rings. The van der Waals surface area contributed by atoms with Gasteiger partial charge >= 0.3 is 0 Å². The lowest BCUT2D eigenvalue weighted by Crippen LogP contribution is -2.02. The van der Waals surface area contributed by atoms with Crippen LogP contribution in [-0.2, 0) is 6.54 Å². The Hall–Kier alpha value is -3.06. The molecule has 1 heterocycles. The SMILES string of the molecule is BCCC=CCC(c1ccccc1)c1ccccc1.CC(C#N)Cn1ccnc1. The van der Waals surface area contributed by atoms with E-state index in [0.717, 1.165) is 13.0 Å². The minimum atomic E-state index is 0.0641. The minimum Gasteiger partial charge on any atom is -0.336 e. The van der Waals surface area contributed by atoms with Crippen molar-refractivity contribution in [1.82, 2.24) is 9.55 Å². The van der Waals surface area contributed by atoms with Gasteiger partial charge in [0.15, 0.2) is 0 Å². The summed E-state index contributed by atoms with van der Waals surface area (Å²) in [6.45, 7) is 2.62. The number of nitriles is 1. The zero-order chi connectivity index (χ0) is 20.7. The van der Waals surface area contributed by atoms with Gasteiger partial charge in [-0.2, -0.15) is 5.26 Å². The third-order valence-electron chi connectivity index (χ3n) is 4.66. The van der Waals surface area contributed by atoms with Crippen molar-refractivity contribution in [3.63, 3.8) is 0 Å². The molecule has 0 amide bonds. The molecule has 0 N–H and O–H groups in total. The first-order valence-corrected chi connectivity index (χ1v) is 10.3. The van der Waals surface area contributed by atoms with Gasteiger partial charge in [0, 0.05) is 24.9 Å². The van der Waals surface area contributed by atoms with Gasteiger partial charge < -0.3 is 4.57 Å². The Kier molecular flexibility index (Phi) is 10.1. The summed E-state index contributed by atoms with van der Waals surface area (Å²) in [5.74, 6) is 0.532. The number of imidazole rings is 1. The van der Waals surface area contributed by atoms with Crippen LogP contribution < -0.4 is 0 Å². The number of allylic oxidation sites excluding steroid dienone is 2. The maximum absolute atomic E-state index is 8.45. The van der Waals surface area contributed by atoms with Gasteiger partial charge in [-0.15, -0.1) is 0 Å². The number of hydrogen-bond donors (Lipinski definition) is 0. The molecule has 0 aliphatic carbocycles. The van der Waals surface area contributed by atoms with Crippen molar-refractivity contribution in [2.75, 3.05) is 0 Å². The number of nitrogens with zero attached hydrogens (tertiary/aromatic N) is 3. The predicted molar refractivity (Wildman–Crippen MR) is 123 cm³/mol. The van der Waals surface area contributed by atoms with Crippen molar-refractivity contribution >= 4 is 7.85 Å². The van der Waals surface area contributed by atoms with Gasteiger partial charge in [-0.3, -0.25) is 0 Å². The van der Waals surface area contributed by atoms with E-state index in [1.54, 1.807) is 12.5 Å². The molecule has 148 valence electrons. The van der Waals surface area contributed by atoms with Crippen molar-refractivity contribution in [3.05, 3.63) is 103 Å². The highest BCUT2D eigenvalue weighted by Crippen LogP contribution is 2.28. The molecule has 0 saturated carbocycles. The van der Waals surface area contributed by atoms with Crippen LogP contribution in [0.3, 0.4) is 0 Å². The fourth-order valence-corrected chi connectivity index (χ4v) is 3.10. The van der Waals surface area contributed by atoms with E-state index in [-0.39, 0.29) is 5.92 Å². The van der Waals surface area contributed by atoms with Crippen LogP contribution in [0.2, 0.25) is 6.32 Å². The summed E-state index contributed by atoms with van der Waals surface area (Å²) in [5, 5.41) is 8.45. The van der Waals surface area contributed by atoms with E-state index in [2.05, 4.69) is 91.7 Å². The molecule has 1 unspecified atom stereocenters. The number of benzene rings is 2. The first-order valence-electron chi connectivity index (χ1n) is 10.3. The Morgan fingerprint density at radius 3 is 2.14 bits per heavy atom. The van der Waals surface area contributed by atoms with E-state index in [9.17, 15) is 0 Å². The molecule has 0 spiro atoms. The Morgan fingerprint density at radius 2 is 1.66 bits per heavy atom. The van der Waals surface area contributed by atoms with E-state index < -0.39 is 0 Å².